The van der Waals surface area contributed by atoms with Gasteiger partial charge in [0, 0.05) is 29.8 Å². The van der Waals surface area contributed by atoms with Crippen LogP contribution in [0.25, 0.3) is 0 Å². The fraction of sp³-hybridized carbons (Fsp3) is 0.917. The lowest BCUT2D eigenvalue weighted by Gasteiger charge is -2.24. The molecule has 0 saturated carbocycles. The Balaban J connectivity index is 2.40. The molecule has 1 saturated heterocycles. The zero-order valence-electron chi connectivity index (χ0n) is 10.9. The Bertz CT molecular complexity index is 282. The van der Waals surface area contributed by atoms with E-state index < -0.39 is 21.5 Å². The third kappa shape index (κ3) is 4.07. The molecular formula is C12H22O4S. The van der Waals surface area contributed by atoms with E-state index in [1.54, 1.807) is 13.8 Å². The van der Waals surface area contributed by atoms with Crippen LogP contribution in [0.2, 0.25) is 0 Å². The van der Waals surface area contributed by atoms with Crippen molar-refractivity contribution in [2.75, 3.05) is 26.1 Å². The van der Waals surface area contributed by atoms with Gasteiger partial charge in [-0.25, -0.2) is 0 Å². The Morgan fingerprint density at radius 3 is 2.53 bits per heavy atom. The summed E-state index contributed by atoms with van der Waals surface area (Å²) in [6.07, 6.45) is 2.97. The molecule has 17 heavy (non-hydrogen) atoms. The van der Waals surface area contributed by atoms with E-state index in [1.165, 1.54) is 7.11 Å². The molecule has 0 aromatic heterocycles. The standard InChI is InChI=1S/C12H22O4S/c1-12(2,11(13)15-3)17(14)9-6-10-4-7-16-8-5-10/h10H,4-9H2,1-3H3. The maximum atomic E-state index is 12.1. The average molecular weight is 262 g/mol. The van der Waals surface area contributed by atoms with Crippen molar-refractivity contribution < 1.29 is 18.5 Å². The molecule has 1 rings (SSSR count). The van der Waals surface area contributed by atoms with Crippen molar-refractivity contribution in [3.8, 4) is 0 Å². The van der Waals surface area contributed by atoms with Crippen molar-refractivity contribution in [3.05, 3.63) is 0 Å². The molecule has 0 amide bonds. The van der Waals surface area contributed by atoms with Gasteiger partial charge in [-0.2, -0.15) is 0 Å². The predicted octanol–water partition coefficient (Wildman–Crippen LogP) is 1.50. The number of hydrogen-bond donors (Lipinski definition) is 0. The molecule has 1 atom stereocenters. The largest absolute Gasteiger partial charge is 0.468 e. The zero-order valence-corrected chi connectivity index (χ0v) is 11.7. The first-order valence-corrected chi connectivity index (χ1v) is 7.35. The quantitative estimate of drug-likeness (QED) is 0.705. The molecule has 0 spiro atoms. The van der Waals surface area contributed by atoms with E-state index in [0.29, 0.717) is 11.7 Å². The summed E-state index contributed by atoms with van der Waals surface area (Å²) in [5, 5.41) is 0. The molecule has 0 bridgehead atoms. The highest BCUT2D eigenvalue weighted by Gasteiger charge is 2.35. The first-order chi connectivity index (χ1) is 7.98. The Labute approximate surface area is 106 Å². The molecule has 0 aliphatic carbocycles. The van der Waals surface area contributed by atoms with Gasteiger partial charge in [0.25, 0.3) is 0 Å². The van der Waals surface area contributed by atoms with Gasteiger partial charge in [0.2, 0.25) is 0 Å². The second-order valence-electron chi connectivity index (χ2n) is 4.90. The molecule has 4 nitrogen and oxygen atoms in total. The van der Waals surface area contributed by atoms with Crippen LogP contribution < -0.4 is 0 Å². The molecular weight excluding hydrogens is 240 g/mol. The smallest absolute Gasteiger partial charge is 0.324 e. The summed E-state index contributed by atoms with van der Waals surface area (Å²) in [5.41, 5.74) is 0. The number of carbonyl (C=O) groups excluding carboxylic acids is 1. The van der Waals surface area contributed by atoms with Crippen LogP contribution >= 0.6 is 0 Å². The van der Waals surface area contributed by atoms with Crippen LogP contribution in [0.1, 0.15) is 33.1 Å². The summed E-state index contributed by atoms with van der Waals surface area (Å²) in [6, 6.07) is 0. The normalized spacial score (nSPS) is 19.9. The molecule has 1 aliphatic rings. The van der Waals surface area contributed by atoms with E-state index in [2.05, 4.69) is 4.74 Å². The molecule has 0 aromatic carbocycles. The lowest BCUT2D eigenvalue weighted by atomic mass is 9.98. The van der Waals surface area contributed by atoms with Gasteiger partial charge >= 0.3 is 5.97 Å². The number of methoxy groups -OCH3 is 1. The molecule has 5 heteroatoms. The lowest BCUT2D eigenvalue weighted by molar-refractivity contribution is -0.142. The second-order valence-corrected chi connectivity index (χ2v) is 7.02. The van der Waals surface area contributed by atoms with Gasteiger partial charge < -0.3 is 9.47 Å². The first kappa shape index (κ1) is 14.6. The van der Waals surface area contributed by atoms with Crippen LogP contribution in [0.4, 0.5) is 0 Å². The summed E-state index contributed by atoms with van der Waals surface area (Å²) in [4.78, 5) is 11.5. The molecule has 100 valence electrons. The minimum Gasteiger partial charge on any atom is -0.468 e. The number of esters is 1. The number of rotatable bonds is 5. The van der Waals surface area contributed by atoms with E-state index in [0.717, 1.165) is 32.5 Å². The van der Waals surface area contributed by atoms with Crippen LogP contribution in [0.3, 0.4) is 0 Å². The second kappa shape index (κ2) is 6.50. The maximum Gasteiger partial charge on any atom is 0.324 e. The number of carbonyl (C=O) groups is 1. The first-order valence-electron chi connectivity index (χ1n) is 6.03. The van der Waals surface area contributed by atoms with E-state index in [-0.39, 0.29) is 0 Å². The van der Waals surface area contributed by atoms with E-state index in [1.807, 2.05) is 0 Å². The molecule has 1 aliphatic heterocycles. The average Bonchev–Trinajstić information content (AvgIpc) is 2.35. The van der Waals surface area contributed by atoms with Crippen molar-refractivity contribution in [2.45, 2.75) is 37.9 Å². The van der Waals surface area contributed by atoms with Crippen LogP contribution in [0.15, 0.2) is 0 Å². The van der Waals surface area contributed by atoms with Crippen LogP contribution in [-0.2, 0) is 25.1 Å². The highest BCUT2D eigenvalue weighted by atomic mass is 32.2. The summed E-state index contributed by atoms with van der Waals surface area (Å²) < 4.78 is 21.1. The van der Waals surface area contributed by atoms with Gasteiger partial charge in [0.05, 0.1) is 7.11 Å². The van der Waals surface area contributed by atoms with Crippen LogP contribution in [0, 0.1) is 5.92 Å². The fourth-order valence-corrected chi connectivity index (χ4v) is 3.23. The molecule has 0 N–H and O–H groups in total. The lowest BCUT2D eigenvalue weighted by Crippen LogP contribution is -2.39. The summed E-state index contributed by atoms with van der Waals surface area (Å²) >= 11 is 0. The third-order valence-electron chi connectivity index (χ3n) is 3.30. The highest BCUT2D eigenvalue weighted by Crippen LogP contribution is 2.22. The molecule has 1 heterocycles. The third-order valence-corrected chi connectivity index (χ3v) is 5.21. The summed E-state index contributed by atoms with van der Waals surface area (Å²) in [5.74, 6) is 0.746. The van der Waals surface area contributed by atoms with Crippen molar-refractivity contribution in [2.24, 2.45) is 5.92 Å². The van der Waals surface area contributed by atoms with Crippen LogP contribution in [0.5, 0.6) is 0 Å². The summed E-state index contributed by atoms with van der Waals surface area (Å²) in [6.45, 7) is 4.97. The minimum absolute atomic E-state index is 0.400. The zero-order chi connectivity index (χ0) is 12.9. The number of hydrogen-bond acceptors (Lipinski definition) is 4. The van der Waals surface area contributed by atoms with Crippen LogP contribution in [-0.4, -0.2) is 41.0 Å². The van der Waals surface area contributed by atoms with Crippen molar-refractivity contribution in [1.82, 2.24) is 0 Å². The molecule has 1 fully saturated rings. The van der Waals surface area contributed by atoms with Gasteiger partial charge in [-0.15, -0.1) is 0 Å². The van der Waals surface area contributed by atoms with Gasteiger partial charge in [0.1, 0.15) is 4.75 Å². The predicted molar refractivity (Wildman–Crippen MR) is 67.3 cm³/mol. The Morgan fingerprint density at radius 1 is 1.41 bits per heavy atom. The Hall–Kier alpha value is -0.420. The topological polar surface area (TPSA) is 52.6 Å². The van der Waals surface area contributed by atoms with E-state index in [9.17, 15) is 9.00 Å². The maximum absolute atomic E-state index is 12.1. The Morgan fingerprint density at radius 2 is 2.00 bits per heavy atom. The van der Waals surface area contributed by atoms with Crippen molar-refractivity contribution in [3.63, 3.8) is 0 Å². The number of ether oxygens (including phenoxy) is 2. The van der Waals surface area contributed by atoms with Gasteiger partial charge in [-0.05, 0) is 39.0 Å². The van der Waals surface area contributed by atoms with Gasteiger partial charge in [-0.3, -0.25) is 9.00 Å². The van der Waals surface area contributed by atoms with Gasteiger partial charge in [0.15, 0.2) is 0 Å². The molecule has 0 aromatic rings. The van der Waals surface area contributed by atoms with Crippen molar-refractivity contribution in [1.29, 1.82) is 0 Å². The van der Waals surface area contributed by atoms with Crippen molar-refractivity contribution >= 4 is 16.8 Å². The summed E-state index contributed by atoms with van der Waals surface area (Å²) in [7, 11) is 0.156. The Kier molecular flexibility index (Phi) is 5.59. The fourth-order valence-electron chi connectivity index (χ4n) is 1.90. The van der Waals surface area contributed by atoms with E-state index >= 15 is 0 Å². The highest BCUT2D eigenvalue weighted by molar-refractivity contribution is 7.87. The minimum atomic E-state index is -1.18. The van der Waals surface area contributed by atoms with E-state index in [4.69, 9.17) is 4.74 Å². The molecule has 1 unspecified atom stereocenters. The van der Waals surface area contributed by atoms with Gasteiger partial charge in [-0.1, -0.05) is 0 Å². The monoisotopic (exact) mass is 262 g/mol. The SMILES string of the molecule is COC(=O)C(C)(C)S(=O)CCC1CCOCC1. The molecule has 0 radical (unpaired) electrons.